The molecule has 0 spiro atoms. The van der Waals surface area contributed by atoms with Gasteiger partial charge in [-0.2, -0.15) is 0 Å². The molecule has 1 aliphatic carbocycles. The molecule has 0 atom stereocenters. The van der Waals surface area contributed by atoms with E-state index in [1.807, 2.05) is 44.2 Å². The summed E-state index contributed by atoms with van der Waals surface area (Å²) in [5.41, 5.74) is 3.37. The van der Waals surface area contributed by atoms with Gasteiger partial charge in [-0.05, 0) is 43.2 Å². The Bertz CT molecular complexity index is 743. The largest absolute Gasteiger partial charge is 0.493 e. The molecule has 0 fully saturated rings. The molecule has 3 rings (SSSR count). The van der Waals surface area contributed by atoms with Gasteiger partial charge in [-0.3, -0.25) is 4.79 Å². The fraction of sp³-hybridized carbons (Fsp3) is 0.211. The van der Waals surface area contributed by atoms with E-state index in [4.69, 9.17) is 9.47 Å². The predicted octanol–water partition coefficient (Wildman–Crippen LogP) is 4.11. The van der Waals surface area contributed by atoms with Gasteiger partial charge in [0.2, 0.25) is 0 Å². The van der Waals surface area contributed by atoms with Crippen molar-refractivity contribution in [3.8, 4) is 11.5 Å². The van der Waals surface area contributed by atoms with Crippen LogP contribution in [0.1, 0.15) is 35.3 Å². The Morgan fingerprint density at radius 1 is 1.00 bits per heavy atom. The second kappa shape index (κ2) is 5.68. The summed E-state index contributed by atoms with van der Waals surface area (Å²) in [4.78, 5) is 12.3. The van der Waals surface area contributed by atoms with Gasteiger partial charge in [-0.25, -0.2) is 0 Å². The molecule has 0 heterocycles. The van der Waals surface area contributed by atoms with Crippen LogP contribution in [0.4, 0.5) is 0 Å². The van der Waals surface area contributed by atoms with Crippen LogP contribution in [-0.4, -0.2) is 19.0 Å². The van der Waals surface area contributed by atoms with Crippen LogP contribution in [0.3, 0.4) is 0 Å². The molecule has 0 N–H and O–H groups in total. The van der Waals surface area contributed by atoms with Crippen LogP contribution >= 0.6 is 0 Å². The highest BCUT2D eigenvalue weighted by Crippen LogP contribution is 2.44. The molecule has 0 aromatic heterocycles. The number of hydrogen-bond donors (Lipinski definition) is 0. The van der Waals surface area contributed by atoms with E-state index in [1.165, 1.54) is 0 Å². The lowest BCUT2D eigenvalue weighted by Crippen LogP contribution is -2.09. The third-order valence-corrected chi connectivity index (χ3v) is 3.59. The van der Waals surface area contributed by atoms with Crippen LogP contribution in [0.15, 0.2) is 48.5 Å². The van der Waals surface area contributed by atoms with Gasteiger partial charge in [0.25, 0.3) is 0 Å². The van der Waals surface area contributed by atoms with Gasteiger partial charge in [-0.1, -0.05) is 30.3 Å². The van der Waals surface area contributed by atoms with Crippen molar-refractivity contribution in [2.75, 3.05) is 7.11 Å². The zero-order valence-corrected chi connectivity index (χ0v) is 12.9. The predicted molar refractivity (Wildman–Crippen MR) is 86.6 cm³/mol. The van der Waals surface area contributed by atoms with Gasteiger partial charge in [0.05, 0.1) is 13.2 Å². The number of carbonyl (C=O) groups excluding carboxylic acids is 1. The second-order valence-electron chi connectivity index (χ2n) is 5.47. The molecule has 0 amide bonds. The average Bonchev–Trinajstić information content (AvgIpc) is 2.86. The van der Waals surface area contributed by atoms with Crippen molar-refractivity contribution >= 4 is 11.4 Å². The molecule has 0 bridgehead atoms. The highest BCUT2D eigenvalue weighted by molar-refractivity contribution is 6.20. The summed E-state index contributed by atoms with van der Waals surface area (Å²) in [6.45, 7) is 3.92. The maximum absolute atomic E-state index is 12.3. The normalized spacial score (nSPS) is 13.1. The number of methoxy groups -OCH3 is 1. The van der Waals surface area contributed by atoms with Crippen molar-refractivity contribution in [2.24, 2.45) is 0 Å². The zero-order valence-electron chi connectivity index (χ0n) is 12.9. The fourth-order valence-electron chi connectivity index (χ4n) is 2.68. The van der Waals surface area contributed by atoms with Crippen LogP contribution in [0.25, 0.3) is 5.57 Å². The Kier molecular flexibility index (Phi) is 3.72. The third-order valence-electron chi connectivity index (χ3n) is 3.59. The number of benzene rings is 2. The lowest BCUT2D eigenvalue weighted by molar-refractivity contribution is 0.104. The van der Waals surface area contributed by atoms with Gasteiger partial charge in [0.15, 0.2) is 17.3 Å². The molecule has 112 valence electrons. The fourth-order valence-corrected chi connectivity index (χ4v) is 2.68. The van der Waals surface area contributed by atoms with Crippen molar-refractivity contribution in [2.45, 2.75) is 20.0 Å². The van der Waals surface area contributed by atoms with Crippen LogP contribution < -0.4 is 9.47 Å². The summed E-state index contributed by atoms with van der Waals surface area (Å²) in [5, 5.41) is 0. The van der Waals surface area contributed by atoms with Crippen molar-refractivity contribution in [1.29, 1.82) is 0 Å². The number of carbonyl (C=O) groups is 1. The molecule has 3 heteroatoms. The smallest absolute Gasteiger partial charge is 0.187 e. The van der Waals surface area contributed by atoms with Gasteiger partial charge in [0, 0.05) is 11.1 Å². The number of rotatable bonds is 4. The number of hydrogen-bond acceptors (Lipinski definition) is 3. The van der Waals surface area contributed by atoms with E-state index in [0.29, 0.717) is 17.1 Å². The molecule has 2 aromatic carbocycles. The summed E-state index contributed by atoms with van der Waals surface area (Å²) >= 11 is 0. The van der Waals surface area contributed by atoms with E-state index in [2.05, 4.69) is 0 Å². The van der Waals surface area contributed by atoms with E-state index >= 15 is 0 Å². The Balaban J connectivity index is 2.22. The minimum atomic E-state index is -0.00637. The molecule has 2 aromatic rings. The standard InChI is InChI=1S/C19H18O3/c1-12(2)22-19-17(21-3)10-9-14-16(20)11-15(18(14)19)13-7-5-4-6-8-13/h4-12H,1-3H3. The average molecular weight is 294 g/mol. The molecular weight excluding hydrogens is 276 g/mol. The minimum Gasteiger partial charge on any atom is -0.493 e. The molecule has 0 unspecified atom stereocenters. The highest BCUT2D eigenvalue weighted by Gasteiger charge is 2.28. The Labute approximate surface area is 130 Å². The Hall–Kier alpha value is -2.55. The van der Waals surface area contributed by atoms with E-state index < -0.39 is 0 Å². The molecule has 0 saturated carbocycles. The van der Waals surface area contributed by atoms with Crippen molar-refractivity contribution < 1.29 is 14.3 Å². The quantitative estimate of drug-likeness (QED) is 0.851. The Morgan fingerprint density at radius 2 is 1.73 bits per heavy atom. The molecule has 0 aliphatic heterocycles. The number of ketones is 1. The van der Waals surface area contributed by atoms with Crippen molar-refractivity contribution in [1.82, 2.24) is 0 Å². The van der Waals surface area contributed by atoms with Crippen LogP contribution in [-0.2, 0) is 0 Å². The lowest BCUT2D eigenvalue weighted by Gasteiger charge is -2.18. The molecule has 0 saturated heterocycles. The molecule has 22 heavy (non-hydrogen) atoms. The van der Waals surface area contributed by atoms with Gasteiger partial charge in [-0.15, -0.1) is 0 Å². The third kappa shape index (κ3) is 2.39. The van der Waals surface area contributed by atoms with Gasteiger partial charge in [0.1, 0.15) is 0 Å². The summed E-state index contributed by atoms with van der Waals surface area (Å²) in [7, 11) is 1.61. The maximum atomic E-state index is 12.3. The summed E-state index contributed by atoms with van der Waals surface area (Å²) in [6, 6.07) is 13.5. The second-order valence-corrected chi connectivity index (χ2v) is 5.47. The van der Waals surface area contributed by atoms with Gasteiger partial charge >= 0.3 is 0 Å². The first-order chi connectivity index (χ1) is 10.6. The molecule has 3 nitrogen and oxygen atoms in total. The van der Waals surface area contributed by atoms with E-state index in [-0.39, 0.29) is 11.9 Å². The van der Waals surface area contributed by atoms with Crippen molar-refractivity contribution in [3.05, 3.63) is 65.2 Å². The Morgan fingerprint density at radius 3 is 2.36 bits per heavy atom. The van der Waals surface area contributed by atoms with Crippen LogP contribution in [0, 0.1) is 0 Å². The minimum absolute atomic E-state index is 0.00473. The molecular formula is C19H18O3. The number of allylic oxidation sites excluding steroid dienone is 1. The first-order valence-electron chi connectivity index (χ1n) is 7.31. The summed E-state index contributed by atoms with van der Waals surface area (Å²) < 4.78 is 11.4. The van der Waals surface area contributed by atoms with E-state index in [0.717, 1.165) is 16.7 Å². The first kappa shape index (κ1) is 14.4. The maximum Gasteiger partial charge on any atom is 0.187 e. The summed E-state index contributed by atoms with van der Waals surface area (Å²) in [5.74, 6) is 1.28. The zero-order chi connectivity index (χ0) is 15.7. The summed E-state index contributed by atoms with van der Waals surface area (Å²) in [6.07, 6.45) is 1.67. The number of ether oxygens (including phenoxy) is 2. The van der Waals surface area contributed by atoms with Crippen LogP contribution in [0.5, 0.6) is 11.5 Å². The number of fused-ring (bicyclic) bond motifs is 1. The van der Waals surface area contributed by atoms with E-state index in [1.54, 1.807) is 25.3 Å². The topological polar surface area (TPSA) is 35.5 Å². The van der Waals surface area contributed by atoms with Gasteiger partial charge < -0.3 is 9.47 Å². The lowest BCUT2D eigenvalue weighted by atomic mass is 9.97. The first-order valence-corrected chi connectivity index (χ1v) is 7.31. The molecule has 1 aliphatic rings. The SMILES string of the molecule is COc1ccc2c(c1OC(C)C)C(c1ccccc1)=CC2=O. The van der Waals surface area contributed by atoms with E-state index in [9.17, 15) is 4.79 Å². The monoisotopic (exact) mass is 294 g/mol. The van der Waals surface area contributed by atoms with Crippen LogP contribution in [0.2, 0.25) is 0 Å². The molecule has 0 radical (unpaired) electrons. The van der Waals surface area contributed by atoms with Crippen molar-refractivity contribution in [3.63, 3.8) is 0 Å². The highest BCUT2D eigenvalue weighted by atomic mass is 16.5.